The summed E-state index contributed by atoms with van der Waals surface area (Å²) in [4.78, 5) is 4.30. The van der Waals surface area contributed by atoms with Crippen molar-refractivity contribution in [2.45, 2.75) is 32.1 Å². The molecular formula is C9H15ClN2S. The molecule has 1 heterocycles. The lowest BCUT2D eigenvalue weighted by atomic mass is 10.2. The number of hydrogen-bond donors (Lipinski definition) is 1. The molecule has 0 saturated heterocycles. The first-order chi connectivity index (χ1) is 5.81. The molecule has 1 aromatic heterocycles. The average molecular weight is 219 g/mol. The van der Waals surface area contributed by atoms with Crippen LogP contribution in [0, 0.1) is 5.92 Å². The predicted octanol–water partition coefficient (Wildman–Crippen LogP) is 3.05. The van der Waals surface area contributed by atoms with E-state index in [4.69, 9.17) is 5.73 Å². The zero-order valence-corrected chi connectivity index (χ0v) is 9.33. The number of aromatic nitrogens is 1. The summed E-state index contributed by atoms with van der Waals surface area (Å²) in [6.07, 6.45) is 3.97. The molecular weight excluding hydrogens is 204 g/mol. The molecule has 1 aliphatic rings. The standard InChI is InChI=1S/C9H14N2S.ClH/c1-2-3-6-4-7(6)8-5-12-9(10)11-8;/h5-7H,2-4H2,1H3,(H2,10,11);1H/t6-,7-;/m1./s1. The second-order valence-corrected chi connectivity index (χ2v) is 4.39. The summed E-state index contributed by atoms with van der Waals surface area (Å²) < 4.78 is 0. The number of nitrogen functional groups attached to an aromatic ring is 1. The summed E-state index contributed by atoms with van der Waals surface area (Å²) in [5.41, 5.74) is 6.80. The van der Waals surface area contributed by atoms with E-state index in [0.717, 1.165) is 11.8 Å². The van der Waals surface area contributed by atoms with Crippen molar-refractivity contribution in [3.63, 3.8) is 0 Å². The smallest absolute Gasteiger partial charge is 0.180 e. The third-order valence-corrected chi connectivity index (χ3v) is 3.19. The van der Waals surface area contributed by atoms with Gasteiger partial charge in [-0.15, -0.1) is 23.7 Å². The Hall–Kier alpha value is -0.280. The molecule has 2 nitrogen and oxygen atoms in total. The Morgan fingerprint density at radius 1 is 1.69 bits per heavy atom. The second kappa shape index (κ2) is 4.29. The number of nitrogens with two attached hydrogens (primary N) is 1. The highest BCUT2D eigenvalue weighted by molar-refractivity contribution is 7.13. The molecule has 0 unspecified atom stereocenters. The van der Waals surface area contributed by atoms with Gasteiger partial charge in [-0.2, -0.15) is 0 Å². The number of rotatable bonds is 3. The van der Waals surface area contributed by atoms with E-state index in [1.807, 2.05) is 0 Å². The number of anilines is 1. The van der Waals surface area contributed by atoms with Gasteiger partial charge in [0, 0.05) is 11.3 Å². The Bertz CT molecular complexity index is 274. The van der Waals surface area contributed by atoms with Gasteiger partial charge >= 0.3 is 0 Å². The Labute approximate surface area is 89.0 Å². The van der Waals surface area contributed by atoms with Gasteiger partial charge in [-0.05, 0) is 12.3 Å². The molecule has 0 radical (unpaired) electrons. The second-order valence-electron chi connectivity index (χ2n) is 3.50. The van der Waals surface area contributed by atoms with Crippen molar-refractivity contribution < 1.29 is 0 Å². The summed E-state index contributed by atoms with van der Waals surface area (Å²) in [5, 5.41) is 2.82. The molecule has 0 aliphatic heterocycles. The molecule has 0 aromatic carbocycles. The molecule has 1 fully saturated rings. The van der Waals surface area contributed by atoms with Crippen LogP contribution in [-0.4, -0.2) is 4.98 Å². The number of nitrogens with zero attached hydrogens (tertiary/aromatic N) is 1. The fourth-order valence-corrected chi connectivity index (χ4v) is 2.40. The number of hydrogen-bond acceptors (Lipinski definition) is 3. The Balaban J connectivity index is 0.000000845. The fraction of sp³-hybridized carbons (Fsp3) is 0.667. The van der Waals surface area contributed by atoms with Gasteiger partial charge in [0.2, 0.25) is 0 Å². The van der Waals surface area contributed by atoms with E-state index < -0.39 is 0 Å². The molecule has 13 heavy (non-hydrogen) atoms. The molecule has 74 valence electrons. The van der Waals surface area contributed by atoms with E-state index in [1.165, 1.54) is 25.0 Å². The first-order valence-corrected chi connectivity index (χ1v) is 5.40. The van der Waals surface area contributed by atoms with E-state index in [-0.39, 0.29) is 12.4 Å². The summed E-state index contributed by atoms with van der Waals surface area (Å²) in [7, 11) is 0. The summed E-state index contributed by atoms with van der Waals surface area (Å²) in [6, 6.07) is 0. The normalized spacial score (nSPS) is 25.3. The molecule has 1 aromatic rings. The van der Waals surface area contributed by atoms with Crippen LogP contribution in [0.5, 0.6) is 0 Å². The third kappa shape index (κ3) is 2.35. The minimum atomic E-state index is 0. The Morgan fingerprint density at radius 2 is 2.46 bits per heavy atom. The quantitative estimate of drug-likeness (QED) is 0.847. The molecule has 2 N–H and O–H groups in total. The highest BCUT2D eigenvalue weighted by Crippen LogP contribution is 2.50. The van der Waals surface area contributed by atoms with E-state index in [2.05, 4.69) is 17.3 Å². The highest BCUT2D eigenvalue weighted by Gasteiger charge is 2.38. The van der Waals surface area contributed by atoms with Gasteiger partial charge in [0.25, 0.3) is 0 Å². The average Bonchev–Trinajstić information content (AvgIpc) is 2.67. The van der Waals surface area contributed by atoms with Gasteiger partial charge in [-0.1, -0.05) is 19.8 Å². The maximum Gasteiger partial charge on any atom is 0.180 e. The molecule has 2 rings (SSSR count). The van der Waals surface area contributed by atoms with Crippen LogP contribution in [0.4, 0.5) is 5.13 Å². The van der Waals surface area contributed by atoms with Crippen molar-refractivity contribution in [2.24, 2.45) is 5.92 Å². The summed E-state index contributed by atoms with van der Waals surface area (Å²) >= 11 is 1.56. The van der Waals surface area contributed by atoms with Gasteiger partial charge < -0.3 is 5.73 Å². The summed E-state index contributed by atoms with van der Waals surface area (Å²) in [6.45, 7) is 2.24. The fourth-order valence-electron chi connectivity index (χ4n) is 1.77. The van der Waals surface area contributed by atoms with Gasteiger partial charge in [-0.3, -0.25) is 0 Å². The van der Waals surface area contributed by atoms with Crippen molar-refractivity contribution >= 4 is 28.9 Å². The Kier molecular flexibility index (Phi) is 3.56. The maximum atomic E-state index is 5.57. The van der Waals surface area contributed by atoms with Crippen LogP contribution >= 0.6 is 23.7 Å². The number of halogens is 1. The topological polar surface area (TPSA) is 38.9 Å². The highest BCUT2D eigenvalue weighted by atomic mass is 35.5. The SMILES string of the molecule is CCC[C@@H]1C[C@H]1c1csc(N)n1.Cl. The first-order valence-electron chi connectivity index (χ1n) is 4.52. The molecule has 0 bridgehead atoms. The minimum absolute atomic E-state index is 0. The van der Waals surface area contributed by atoms with Gasteiger partial charge in [0.15, 0.2) is 5.13 Å². The van der Waals surface area contributed by atoms with E-state index in [1.54, 1.807) is 11.3 Å². The monoisotopic (exact) mass is 218 g/mol. The number of thiazole rings is 1. The predicted molar refractivity (Wildman–Crippen MR) is 59.5 cm³/mol. The molecule has 0 amide bonds. The van der Waals surface area contributed by atoms with Crippen molar-refractivity contribution in [3.8, 4) is 0 Å². The molecule has 1 saturated carbocycles. The van der Waals surface area contributed by atoms with Crippen LogP contribution in [-0.2, 0) is 0 Å². The van der Waals surface area contributed by atoms with Crippen LogP contribution in [0.25, 0.3) is 0 Å². The van der Waals surface area contributed by atoms with E-state index in [0.29, 0.717) is 5.13 Å². The van der Waals surface area contributed by atoms with Crippen LogP contribution in [0.15, 0.2) is 5.38 Å². The molecule has 1 aliphatic carbocycles. The minimum Gasteiger partial charge on any atom is -0.375 e. The van der Waals surface area contributed by atoms with Gasteiger partial charge in [-0.25, -0.2) is 4.98 Å². The largest absolute Gasteiger partial charge is 0.375 e. The van der Waals surface area contributed by atoms with E-state index >= 15 is 0 Å². The maximum absolute atomic E-state index is 5.57. The molecule has 4 heteroatoms. The zero-order valence-electron chi connectivity index (χ0n) is 7.69. The van der Waals surface area contributed by atoms with E-state index in [9.17, 15) is 0 Å². The van der Waals surface area contributed by atoms with Crippen LogP contribution in [0.1, 0.15) is 37.8 Å². The molecule has 2 atom stereocenters. The van der Waals surface area contributed by atoms with Gasteiger partial charge in [0.05, 0.1) is 5.69 Å². The lowest BCUT2D eigenvalue weighted by Gasteiger charge is -1.92. The van der Waals surface area contributed by atoms with Crippen molar-refractivity contribution in [1.29, 1.82) is 0 Å². The van der Waals surface area contributed by atoms with Crippen LogP contribution in [0.2, 0.25) is 0 Å². The summed E-state index contributed by atoms with van der Waals surface area (Å²) in [5.74, 6) is 1.63. The van der Waals surface area contributed by atoms with Crippen molar-refractivity contribution in [1.82, 2.24) is 4.98 Å². The first kappa shape index (κ1) is 10.8. The Morgan fingerprint density at radius 3 is 3.00 bits per heavy atom. The van der Waals surface area contributed by atoms with Crippen LogP contribution in [0.3, 0.4) is 0 Å². The van der Waals surface area contributed by atoms with Crippen molar-refractivity contribution in [3.05, 3.63) is 11.1 Å². The van der Waals surface area contributed by atoms with Crippen molar-refractivity contribution in [2.75, 3.05) is 5.73 Å². The lowest BCUT2D eigenvalue weighted by molar-refractivity contribution is 0.683. The van der Waals surface area contributed by atoms with Gasteiger partial charge in [0.1, 0.15) is 0 Å². The molecule has 0 spiro atoms. The van der Waals surface area contributed by atoms with Crippen LogP contribution < -0.4 is 5.73 Å². The lowest BCUT2D eigenvalue weighted by Crippen LogP contribution is -1.86. The third-order valence-electron chi connectivity index (χ3n) is 2.50. The zero-order chi connectivity index (χ0) is 8.55.